The Morgan fingerprint density at radius 2 is 1.85 bits per heavy atom. The van der Waals surface area contributed by atoms with Crippen molar-refractivity contribution in [2.45, 2.75) is 64.1 Å². The largest absolute Gasteiger partial charge is 0.497 e. The first kappa shape index (κ1) is 22.0. The van der Waals surface area contributed by atoms with Gasteiger partial charge in [-0.1, -0.05) is 31.4 Å². The molecule has 6 heteroatoms. The summed E-state index contributed by atoms with van der Waals surface area (Å²) >= 11 is 5.90. The Labute approximate surface area is 201 Å². The fraction of sp³-hybridized carbons (Fsp3) is 0.407. The van der Waals surface area contributed by atoms with Crippen LogP contribution in [0.15, 0.2) is 54.7 Å². The number of aromatic nitrogens is 2. The van der Waals surface area contributed by atoms with Gasteiger partial charge in [-0.3, -0.25) is 4.98 Å². The maximum absolute atomic E-state index is 5.90. The van der Waals surface area contributed by atoms with E-state index in [0.717, 1.165) is 17.1 Å². The first-order valence-electron chi connectivity index (χ1n) is 11.9. The zero-order valence-electron chi connectivity index (χ0n) is 19.6. The Balaban J connectivity index is 1.63. The van der Waals surface area contributed by atoms with E-state index >= 15 is 0 Å². The van der Waals surface area contributed by atoms with Crippen LogP contribution in [0.2, 0.25) is 0 Å². The Kier molecular flexibility index (Phi) is 6.11. The first-order valence-corrected chi connectivity index (χ1v) is 12.3. The Morgan fingerprint density at radius 3 is 2.58 bits per heavy atom. The van der Waals surface area contributed by atoms with E-state index in [1.165, 1.54) is 49.1 Å². The highest BCUT2D eigenvalue weighted by Gasteiger charge is 2.42. The SMILES string of the molecule is COc1cccc(N2C(=S)N[C@@H](c3ccccn3)[C@H]2c2cc(C)n(C3CCCCC3)c2C)c1. The number of methoxy groups -OCH3 is 1. The van der Waals surface area contributed by atoms with Crippen LogP contribution in [0.4, 0.5) is 5.69 Å². The van der Waals surface area contributed by atoms with Crippen molar-refractivity contribution in [1.29, 1.82) is 0 Å². The minimum Gasteiger partial charge on any atom is -0.497 e. The van der Waals surface area contributed by atoms with Crippen molar-refractivity contribution in [3.8, 4) is 5.75 Å². The second kappa shape index (κ2) is 9.18. The van der Waals surface area contributed by atoms with Crippen LogP contribution in [-0.2, 0) is 0 Å². The summed E-state index contributed by atoms with van der Waals surface area (Å²) in [6.45, 7) is 4.52. The fourth-order valence-corrected chi connectivity index (χ4v) is 6.06. The predicted octanol–water partition coefficient (Wildman–Crippen LogP) is 6.19. The van der Waals surface area contributed by atoms with Crippen LogP contribution in [-0.4, -0.2) is 21.8 Å². The van der Waals surface area contributed by atoms with Gasteiger partial charge in [-0.15, -0.1) is 0 Å². The van der Waals surface area contributed by atoms with E-state index in [1.807, 2.05) is 30.5 Å². The van der Waals surface area contributed by atoms with Crippen molar-refractivity contribution in [1.82, 2.24) is 14.9 Å². The lowest BCUT2D eigenvalue weighted by Gasteiger charge is -2.30. The van der Waals surface area contributed by atoms with E-state index in [0.29, 0.717) is 11.2 Å². The molecule has 0 radical (unpaired) electrons. The van der Waals surface area contributed by atoms with Crippen molar-refractivity contribution < 1.29 is 4.74 Å². The molecule has 3 heterocycles. The minimum absolute atomic E-state index is 0.00282. The molecule has 1 aliphatic heterocycles. The number of benzene rings is 1. The standard InChI is InChI=1S/C27H32N4OS/c1-18-16-23(19(2)30(18)20-10-5-4-6-11-20)26-25(24-14-7-8-15-28-24)29-27(33)31(26)21-12-9-13-22(17-21)32-3/h7-9,12-17,20,25-26H,4-6,10-11H2,1-3H3,(H,29,33)/t25-,26+/m0/s1. The number of hydrogen-bond donors (Lipinski definition) is 1. The molecule has 1 aromatic carbocycles. The highest BCUT2D eigenvalue weighted by Crippen LogP contribution is 2.45. The molecule has 2 aliphatic rings. The number of ether oxygens (including phenoxy) is 1. The number of nitrogens with zero attached hydrogens (tertiary/aromatic N) is 3. The average Bonchev–Trinajstić information content (AvgIpc) is 3.35. The van der Waals surface area contributed by atoms with E-state index in [4.69, 9.17) is 21.9 Å². The van der Waals surface area contributed by atoms with Crippen molar-refractivity contribution in [2.75, 3.05) is 12.0 Å². The normalized spacial score (nSPS) is 21.3. The van der Waals surface area contributed by atoms with Gasteiger partial charge in [0.2, 0.25) is 0 Å². The van der Waals surface area contributed by atoms with E-state index < -0.39 is 0 Å². The molecule has 1 aliphatic carbocycles. The first-order chi connectivity index (χ1) is 16.1. The van der Waals surface area contributed by atoms with Gasteiger partial charge < -0.3 is 19.5 Å². The van der Waals surface area contributed by atoms with Gasteiger partial charge in [-0.05, 0) is 74.8 Å². The molecule has 2 fully saturated rings. The molecule has 2 atom stereocenters. The summed E-state index contributed by atoms with van der Waals surface area (Å²) in [5, 5.41) is 4.30. The molecule has 0 unspecified atom stereocenters. The third-order valence-corrected chi connectivity index (χ3v) is 7.53. The topological polar surface area (TPSA) is 42.3 Å². The third kappa shape index (κ3) is 4.01. The van der Waals surface area contributed by atoms with Gasteiger partial charge in [0.25, 0.3) is 0 Å². The number of pyridine rings is 1. The van der Waals surface area contributed by atoms with E-state index in [2.05, 4.69) is 52.9 Å². The van der Waals surface area contributed by atoms with Gasteiger partial charge in [0.1, 0.15) is 5.75 Å². The van der Waals surface area contributed by atoms with E-state index in [-0.39, 0.29) is 12.1 Å². The summed E-state index contributed by atoms with van der Waals surface area (Å²) in [6, 6.07) is 17.2. The second-order valence-electron chi connectivity index (χ2n) is 9.19. The molecular formula is C27H32N4OS. The van der Waals surface area contributed by atoms with Crippen LogP contribution in [0.1, 0.15) is 72.9 Å². The lowest BCUT2D eigenvalue weighted by atomic mass is 9.94. The number of rotatable bonds is 5. The maximum atomic E-state index is 5.90. The van der Waals surface area contributed by atoms with Crippen LogP contribution in [0.3, 0.4) is 0 Å². The van der Waals surface area contributed by atoms with Crippen molar-refractivity contribution in [3.63, 3.8) is 0 Å². The van der Waals surface area contributed by atoms with Gasteiger partial charge in [0.15, 0.2) is 5.11 Å². The lowest BCUT2D eigenvalue weighted by molar-refractivity contribution is 0.345. The van der Waals surface area contributed by atoms with Crippen LogP contribution >= 0.6 is 12.2 Å². The smallest absolute Gasteiger partial charge is 0.174 e. The summed E-state index contributed by atoms with van der Waals surface area (Å²) in [5.41, 5.74) is 6.00. The van der Waals surface area contributed by atoms with Gasteiger partial charge in [0.05, 0.1) is 24.9 Å². The molecule has 1 saturated heterocycles. The van der Waals surface area contributed by atoms with Crippen molar-refractivity contribution >= 4 is 23.0 Å². The molecule has 5 rings (SSSR count). The number of anilines is 1. The zero-order valence-corrected chi connectivity index (χ0v) is 20.4. The Morgan fingerprint density at radius 1 is 1.03 bits per heavy atom. The van der Waals surface area contributed by atoms with Gasteiger partial charge in [-0.25, -0.2) is 0 Å². The van der Waals surface area contributed by atoms with Crippen LogP contribution in [0.5, 0.6) is 5.75 Å². The molecule has 0 amide bonds. The second-order valence-corrected chi connectivity index (χ2v) is 9.57. The molecule has 33 heavy (non-hydrogen) atoms. The minimum atomic E-state index is -0.0368. The summed E-state index contributed by atoms with van der Waals surface area (Å²) in [6.07, 6.45) is 8.38. The van der Waals surface area contributed by atoms with Crippen molar-refractivity contribution in [3.05, 3.63) is 77.4 Å². The summed E-state index contributed by atoms with van der Waals surface area (Å²) in [5.74, 6) is 0.822. The number of hydrogen-bond acceptors (Lipinski definition) is 3. The van der Waals surface area contributed by atoms with Crippen molar-refractivity contribution in [2.24, 2.45) is 0 Å². The fourth-order valence-electron chi connectivity index (χ4n) is 5.71. The highest BCUT2D eigenvalue weighted by molar-refractivity contribution is 7.80. The molecule has 3 aromatic rings. The molecule has 5 nitrogen and oxygen atoms in total. The van der Waals surface area contributed by atoms with Crippen LogP contribution < -0.4 is 15.0 Å². The molecular weight excluding hydrogens is 428 g/mol. The maximum Gasteiger partial charge on any atom is 0.174 e. The average molecular weight is 461 g/mol. The Bertz CT molecular complexity index is 1140. The van der Waals surface area contributed by atoms with Crippen LogP contribution in [0, 0.1) is 13.8 Å². The summed E-state index contributed by atoms with van der Waals surface area (Å²) in [7, 11) is 1.70. The highest BCUT2D eigenvalue weighted by atomic mass is 32.1. The van der Waals surface area contributed by atoms with Gasteiger partial charge >= 0.3 is 0 Å². The van der Waals surface area contributed by atoms with Gasteiger partial charge in [-0.2, -0.15) is 0 Å². The molecule has 1 saturated carbocycles. The quantitative estimate of drug-likeness (QED) is 0.460. The number of thiocarbonyl (C=S) groups is 1. The summed E-state index contributed by atoms with van der Waals surface area (Å²) in [4.78, 5) is 6.94. The zero-order chi connectivity index (χ0) is 22.9. The molecule has 172 valence electrons. The van der Waals surface area contributed by atoms with E-state index in [9.17, 15) is 0 Å². The number of nitrogens with one attached hydrogen (secondary N) is 1. The molecule has 0 bridgehead atoms. The summed E-state index contributed by atoms with van der Waals surface area (Å²) < 4.78 is 8.10. The molecule has 2 aromatic heterocycles. The third-order valence-electron chi connectivity index (χ3n) is 7.21. The van der Waals surface area contributed by atoms with E-state index in [1.54, 1.807) is 7.11 Å². The lowest BCUT2D eigenvalue weighted by Crippen LogP contribution is -2.29. The molecule has 1 N–H and O–H groups in total. The predicted molar refractivity (Wildman–Crippen MR) is 137 cm³/mol. The monoisotopic (exact) mass is 460 g/mol. The van der Waals surface area contributed by atoms with Gasteiger partial charge in [0, 0.05) is 35.4 Å². The van der Waals surface area contributed by atoms with Crippen LogP contribution in [0.25, 0.3) is 0 Å². The number of aryl methyl sites for hydroxylation is 1. The molecule has 0 spiro atoms. The Hall–Kier alpha value is -2.86.